The SMILES string of the molecule is CC[C@H](Oc1ccc(Cl)c(C)c1)C(=O)N1CCN(c2ccccc2)CC1. The molecule has 0 bridgehead atoms. The van der Waals surface area contributed by atoms with Gasteiger partial charge in [-0.15, -0.1) is 0 Å². The average Bonchev–Trinajstić information content (AvgIpc) is 2.69. The summed E-state index contributed by atoms with van der Waals surface area (Å²) in [6, 6.07) is 15.8. The van der Waals surface area contributed by atoms with Crippen molar-refractivity contribution < 1.29 is 9.53 Å². The Bertz CT molecular complexity index is 743. The third-order valence-electron chi connectivity index (χ3n) is 4.77. The van der Waals surface area contributed by atoms with Gasteiger partial charge in [-0.2, -0.15) is 0 Å². The maximum absolute atomic E-state index is 12.9. The summed E-state index contributed by atoms with van der Waals surface area (Å²) >= 11 is 6.06. The van der Waals surface area contributed by atoms with Crippen LogP contribution in [0, 0.1) is 6.92 Å². The molecule has 0 radical (unpaired) electrons. The molecule has 138 valence electrons. The normalized spacial score (nSPS) is 15.7. The van der Waals surface area contributed by atoms with E-state index in [1.807, 2.05) is 55.1 Å². The highest BCUT2D eigenvalue weighted by molar-refractivity contribution is 6.31. The number of aryl methyl sites for hydroxylation is 1. The van der Waals surface area contributed by atoms with Crippen LogP contribution in [0.1, 0.15) is 18.9 Å². The van der Waals surface area contributed by atoms with Crippen molar-refractivity contribution in [3.63, 3.8) is 0 Å². The van der Waals surface area contributed by atoms with E-state index in [9.17, 15) is 4.79 Å². The third kappa shape index (κ3) is 4.31. The molecule has 0 N–H and O–H groups in total. The van der Waals surface area contributed by atoms with E-state index in [1.54, 1.807) is 0 Å². The highest BCUT2D eigenvalue weighted by atomic mass is 35.5. The van der Waals surface area contributed by atoms with Crippen LogP contribution in [0.4, 0.5) is 5.69 Å². The average molecular weight is 373 g/mol. The minimum Gasteiger partial charge on any atom is -0.481 e. The molecule has 2 aromatic rings. The number of benzene rings is 2. The van der Waals surface area contributed by atoms with Crippen molar-refractivity contribution in [1.29, 1.82) is 0 Å². The van der Waals surface area contributed by atoms with E-state index in [1.165, 1.54) is 5.69 Å². The minimum absolute atomic E-state index is 0.0628. The number of piperazine rings is 1. The van der Waals surface area contributed by atoms with E-state index < -0.39 is 6.10 Å². The molecule has 1 saturated heterocycles. The standard InChI is InChI=1S/C21H25ClN2O2/c1-3-20(26-18-9-10-19(22)16(2)15-18)21(25)24-13-11-23(12-14-24)17-7-5-4-6-8-17/h4-10,15,20H,3,11-14H2,1-2H3/t20-/m0/s1. The Morgan fingerprint density at radius 2 is 1.81 bits per heavy atom. The second-order valence-corrected chi connectivity index (χ2v) is 6.98. The molecule has 0 aromatic heterocycles. The van der Waals surface area contributed by atoms with E-state index in [0.717, 1.165) is 18.7 Å². The zero-order valence-electron chi connectivity index (χ0n) is 15.3. The number of anilines is 1. The lowest BCUT2D eigenvalue weighted by molar-refractivity contribution is -0.139. The Morgan fingerprint density at radius 1 is 1.12 bits per heavy atom. The van der Waals surface area contributed by atoms with E-state index in [-0.39, 0.29) is 5.91 Å². The molecule has 3 rings (SSSR count). The van der Waals surface area contributed by atoms with Crippen molar-refractivity contribution in [1.82, 2.24) is 4.90 Å². The largest absolute Gasteiger partial charge is 0.481 e. The molecule has 2 aromatic carbocycles. The van der Waals surface area contributed by atoms with Crippen LogP contribution in [0.5, 0.6) is 5.75 Å². The van der Waals surface area contributed by atoms with Crippen LogP contribution in [0.3, 0.4) is 0 Å². The molecule has 1 heterocycles. The van der Waals surface area contributed by atoms with Crippen molar-refractivity contribution in [2.75, 3.05) is 31.1 Å². The van der Waals surface area contributed by atoms with Crippen molar-refractivity contribution in [3.05, 3.63) is 59.1 Å². The van der Waals surface area contributed by atoms with E-state index in [2.05, 4.69) is 17.0 Å². The molecule has 0 unspecified atom stereocenters. The summed E-state index contributed by atoms with van der Waals surface area (Å²) in [6.45, 7) is 7.02. The van der Waals surface area contributed by atoms with Crippen LogP contribution in [0.2, 0.25) is 5.02 Å². The number of carbonyl (C=O) groups excluding carboxylic acids is 1. The number of ether oxygens (including phenoxy) is 1. The van der Waals surface area contributed by atoms with Crippen molar-refractivity contribution >= 4 is 23.2 Å². The fourth-order valence-electron chi connectivity index (χ4n) is 3.19. The second kappa shape index (κ2) is 8.45. The quantitative estimate of drug-likeness (QED) is 0.790. The highest BCUT2D eigenvalue weighted by Gasteiger charge is 2.28. The number of amides is 1. The smallest absolute Gasteiger partial charge is 0.263 e. The summed E-state index contributed by atoms with van der Waals surface area (Å²) in [6.07, 6.45) is 0.179. The number of rotatable bonds is 5. The number of carbonyl (C=O) groups is 1. The third-order valence-corrected chi connectivity index (χ3v) is 5.19. The van der Waals surface area contributed by atoms with Crippen molar-refractivity contribution in [2.24, 2.45) is 0 Å². The van der Waals surface area contributed by atoms with Gasteiger partial charge in [0.15, 0.2) is 6.10 Å². The lowest BCUT2D eigenvalue weighted by Crippen LogP contribution is -2.52. The summed E-state index contributed by atoms with van der Waals surface area (Å²) in [5.41, 5.74) is 2.16. The molecule has 0 spiro atoms. The summed E-state index contributed by atoms with van der Waals surface area (Å²) in [5.74, 6) is 0.753. The van der Waals surface area contributed by atoms with Gasteiger partial charge in [0.2, 0.25) is 0 Å². The maximum atomic E-state index is 12.9. The Labute approximate surface area is 160 Å². The van der Waals surface area contributed by atoms with Crippen molar-refractivity contribution in [2.45, 2.75) is 26.4 Å². The Balaban J connectivity index is 1.60. The molecule has 1 amide bonds. The van der Waals surface area contributed by atoms with Crippen LogP contribution in [-0.4, -0.2) is 43.1 Å². The summed E-state index contributed by atoms with van der Waals surface area (Å²) < 4.78 is 5.96. The van der Waals surface area contributed by atoms with E-state index >= 15 is 0 Å². The lowest BCUT2D eigenvalue weighted by atomic mass is 10.2. The van der Waals surface area contributed by atoms with E-state index in [4.69, 9.17) is 16.3 Å². The van der Waals surface area contributed by atoms with Gasteiger partial charge in [0.05, 0.1) is 0 Å². The molecule has 1 aliphatic rings. The molecule has 1 atom stereocenters. The summed E-state index contributed by atoms with van der Waals surface area (Å²) in [7, 11) is 0. The minimum atomic E-state index is -0.459. The van der Waals surface area contributed by atoms with E-state index in [0.29, 0.717) is 30.3 Å². The Morgan fingerprint density at radius 3 is 2.42 bits per heavy atom. The highest BCUT2D eigenvalue weighted by Crippen LogP contribution is 2.23. The molecular weight excluding hydrogens is 348 g/mol. The maximum Gasteiger partial charge on any atom is 0.263 e. The van der Waals surface area contributed by atoms with Gasteiger partial charge in [0.25, 0.3) is 5.91 Å². The molecule has 0 saturated carbocycles. The monoisotopic (exact) mass is 372 g/mol. The fourth-order valence-corrected chi connectivity index (χ4v) is 3.31. The van der Waals surface area contributed by atoms with Gasteiger partial charge < -0.3 is 14.5 Å². The number of nitrogens with zero attached hydrogens (tertiary/aromatic N) is 2. The van der Waals surface area contributed by atoms with Gasteiger partial charge in [-0.1, -0.05) is 36.7 Å². The topological polar surface area (TPSA) is 32.8 Å². The zero-order valence-corrected chi connectivity index (χ0v) is 16.1. The van der Waals surface area contributed by atoms with Crippen LogP contribution in [0.15, 0.2) is 48.5 Å². The molecule has 4 nitrogen and oxygen atoms in total. The van der Waals surface area contributed by atoms with Crippen molar-refractivity contribution in [3.8, 4) is 5.75 Å². The van der Waals surface area contributed by atoms with Gasteiger partial charge in [0.1, 0.15) is 5.75 Å². The molecule has 0 aliphatic carbocycles. The van der Waals surface area contributed by atoms with Gasteiger partial charge in [-0.25, -0.2) is 0 Å². The lowest BCUT2D eigenvalue weighted by Gasteiger charge is -2.37. The zero-order chi connectivity index (χ0) is 18.5. The number of halogens is 1. The Kier molecular flexibility index (Phi) is 6.04. The van der Waals surface area contributed by atoms with Gasteiger partial charge in [-0.3, -0.25) is 4.79 Å². The summed E-state index contributed by atoms with van der Waals surface area (Å²) in [5, 5.41) is 0.703. The van der Waals surface area contributed by atoms with Crippen LogP contribution < -0.4 is 9.64 Å². The van der Waals surface area contributed by atoms with Gasteiger partial charge in [0, 0.05) is 36.9 Å². The molecule has 5 heteroatoms. The number of para-hydroxylation sites is 1. The number of hydrogen-bond acceptors (Lipinski definition) is 3. The number of hydrogen-bond donors (Lipinski definition) is 0. The van der Waals surface area contributed by atoms with Gasteiger partial charge in [-0.05, 0) is 49.2 Å². The molecule has 1 fully saturated rings. The first-order valence-electron chi connectivity index (χ1n) is 9.10. The predicted molar refractivity (Wildman–Crippen MR) is 106 cm³/mol. The first-order chi connectivity index (χ1) is 12.6. The first kappa shape index (κ1) is 18.6. The summed E-state index contributed by atoms with van der Waals surface area (Å²) in [4.78, 5) is 17.1. The second-order valence-electron chi connectivity index (χ2n) is 6.57. The van der Waals surface area contributed by atoms with Crippen LogP contribution in [-0.2, 0) is 4.79 Å². The van der Waals surface area contributed by atoms with Crippen LogP contribution >= 0.6 is 11.6 Å². The predicted octanol–water partition coefficient (Wildman–Crippen LogP) is 4.15. The molecular formula is C21H25ClN2O2. The Hall–Kier alpha value is -2.20. The molecule has 1 aliphatic heterocycles. The van der Waals surface area contributed by atoms with Crippen LogP contribution in [0.25, 0.3) is 0 Å². The van der Waals surface area contributed by atoms with Gasteiger partial charge >= 0.3 is 0 Å². The molecule has 26 heavy (non-hydrogen) atoms. The fraction of sp³-hybridized carbons (Fsp3) is 0.381. The first-order valence-corrected chi connectivity index (χ1v) is 9.48.